The number of carbonyl (C=O) groups is 2. The quantitative estimate of drug-likeness (QED) is 0.524. The molecule has 1 amide bonds. The minimum Gasteiger partial charge on any atom is -0.495 e. The van der Waals surface area contributed by atoms with Gasteiger partial charge in [0.2, 0.25) is 5.69 Å². The van der Waals surface area contributed by atoms with Gasteiger partial charge >= 0.3 is 5.97 Å². The van der Waals surface area contributed by atoms with Crippen molar-refractivity contribution in [3.63, 3.8) is 0 Å². The van der Waals surface area contributed by atoms with E-state index in [1.165, 1.54) is 7.11 Å². The molecule has 0 bridgehead atoms. The first-order valence-corrected chi connectivity index (χ1v) is 10.3. The minimum absolute atomic E-state index is 0.108. The molecule has 9 nitrogen and oxygen atoms in total. The van der Waals surface area contributed by atoms with Gasteiger partial charge in [0.05, 0.1) is 31.2 Å². The van der Waals surface area contributed by atoms with Gasteiger partial charge in [-0.25, -0.2) is 4.79 Å². The summed E-state index contributed by atoms with van der Waals surface area (Å²) in [7, 11) is 1.50. The van der Waals surface area contributed by atoms with Crippen LogP contribution in [0.25, 0.3) is 5.69 Å². The SMILES string of the molecule is CCOC(=O)c1nn(-c2ccccc2C)c(=O)cc1OCC(=O)Nc1cc(C)ccc1OC. The number of nitrogens with one attached hydrogen (secondary N) is 1. The zero-order valence-corrected chi connectivity index (χ0v) is 18.9. The van der Waals surface area contributed by atoms with Gasteiger partial charge in [-0.1, -0.05) is 24.3 Å². The molecule has 1 aromatic heterocycles. The van der Waals surface area contributed by atoms with Crippen molar-refractivity contribution in [1.82, 2.24) is 9.78 Å². The van der Waals surface area contributed by atoms with Crippen molar-refractivity contribution in [2.75, 3.05) is 25.6 Å². The number of ether oxygens (including phenoxy) is 3. The number of anilines is 1. The second kappa shape index (κ2) is 10.4. The average molecular weight is 451 g/mol. The third-order valence-corrected chi connectivity index (χ3v) is 4.70. The molecular formula is C24H25N3O6. The highest BCUT2D eigenvalue weighted by Crippen LogP contribution is 2.25. The summed E-state index contributed by atoms with van der Waals surface area (Å²) in [5.41, 5.74) is 1.99. The van der Waals surface area contributed by atoms with Crippen LogP contribution >= 0.6 is 0 Å². The Morgan fingerprint density at radius 3 is 2.52 bits per heavy atom. The Balaban J connectivity index is 1.88. The van der Waals surface area contributed by atoms with Crippen molar-refractivity contribution in [3.8, 4) is 17.2 Å². The number of aromatic nitrogens is 2. The van der Waals surface area contributed by atoms with Crippen LogP contribution in [0.15, 0.2) is 53.3 Å². The second-order valence-electron chi connectivity index (χ2n) is 7.15. The number of hydrogen-bond acceptors (Lipinski definition) is 7. The van der Waals surface area contributed by atoms with Crippen LogP contribution in [-0.4, -0.2) is 42.0 Å². The largest absolute Gasteiger partial charge is 0.495 e. The van der Waals surface area contributed by atoms with Crippen LogP contribution in [0, 0.1) is 13.8 Å². The number of amides is 1. The van der Waals surface area contributed by atoms with Gasteiger partial charge in [-0.2, -0.15) is 9.78 Å². The lowest BCUT2D eigenvalue weighted by Gasteiger charge is -2.14. The second-order valence-corrected chi connectivity index (χ2v) is 7.15. The predicted octanol–water partition coefficient (Wildman–Crippen LogP) is 3.05. The smallest absolute Gasteiger partial charge is 0.362 e. The van der Waals surface area contributed by atoms with E-state index in [2.05, 4.69) is 10.4 Å². The molecule has 2 aromatic carbocycles. The van der Waals surface area contributed by atoms with Crippen LogP contribution in [0.2, 0.25) is 0 Å². The summed E-state index contributed by atoms with van der Waals surface area (Å²) in [6, 6.07) is 13.6. The molecule has 172 valence electrons. The maximum Gasteiger partial charge on any atom is 0.362 e. The molecule has 0 aliphatic carbocycles. The van der Waals surface area contributed by atoms with E-state index >= 15 is 0 Å². The van der Waals surface area contributed by atoms with Crippen molar-refractivity contribution in [3.05, 3.63) is 75.7 Å². The van der Waals surface area contributed by atoms with E-state index in [0.717, 1.165) is 21.9 Å². The first-order valence-electron chi connectivity index (χ1n) is 10.3. The van der Waals surface area contributed by atoms with E-state index < -0.39 is 24.0 Å². The zero-order valence-electron chi connectivity index (χ0n) is 18.9. The van der Waals surface area contributed by atoms with E-state index in [4.69, 9.17) is 14.2 Å². The molecule has 1 heterocycles. The monoisotopic (exact) mass is 451 g/mol. The molecule has 0 aliphatic rings. The number of aryl methyl sites for hydroxylation is 2. The Kier molecular flexibility index (Phi) is 7.45. The third-order valence-electron chi connectivity index (χ3n) is 4.70. The van der Waals surface area contributed by atoms with Crippen molar-refractivity contribution >= 4 is 17.6 Å². The minimum atomic E-state index is -0.768. The summed E-state index contributed by atoms with van der Waals surface area (Å²) in [5.74, 6) is -0.925. The van der Waals surface area contributed by atoms with Gasteiger partial charge in [0.15, 0.2) is 12.4 Å². The third kappa shape index (κ3) is 5.57. The molecule has 33 heavy (non-hydrogen) atoms. The van der Waals surface area contributed by atoms with Crippen LogP contribution in [0.3, 0.4) is 0 Å². The van der Waals surface area contributed by atoms with Crippen LogP contribution in [-0.2, 0) is 9.53 Å². The van der Waals surface area contributed by atoms with Crippen molar-refractivity contribution in [1.29, 1.82) is 0 Å². The highest BCUT2D eigenvalue weighted by molar-refractivity contribution is 5.94. The van der Waals surface area contributed by atoms with Gasteiger partial charge in [-0.15, -0.1) is 0 Å². The molecule has 0 saturated carbocycles. The molecule has 0 aliphatic heterocycles. The number of para-hydroxylation sites is 1. The summed E-state index contributed by atoms with van der Waals surface area (Å²) >= 11 is 0. The molecule has 0 saturated heterocycles. The number of carbonyl (C=O) groups excluding carboxylic acids is 2. The lowest BCUT2D eigenvalue weighted by molar-refractivity contribution is -0.118. The fourth-order valence-corrected chi connectivity index (χ4v) is 3.11. The summed E-state index contributed by atoms with van der Waals surface area (Å²) in [4.78, 5) is 37.7. The predicted molar refractivity (Wildman–Crippen MR) is 122 cm³/mol. The number of esters is 1. The van der Waals surface area contributed by atoms with Crippen LogP contribution < -0.4 is 20.3 Å². The summed E-state index contributed by atoms with van der Waals surface area (Å²) in [5, 5.41) is 6.87. The molecule has 0 spiro atoms. The number of benzene rings is 2. The number of hydrogen-bond donors (Lipinski definition) is 1. The van der Waals surface area contributed by atoms with E-state index in [-0.39, 0.29) is 18.1 Å². The molecule has 0 unspecified atom stereocenters. The maximum absolute atomic E-state index is 12.7. The lowest BCUT2D eigenvalue weighted by atomic mass is 10.2. The van der Waals surface area contributed by atoms with Crippen molar-refractivity contribution in [2.45, 2.75) is 20.8 Å². The fraction of sp³-hybridized carbons (Fsp3) is 0.250. The molecule has 3 rings (SSSR count). The van der Waals surface area contributed by atoms with Gasteiger partial charge in [-0.3, -0.25) is 9.59 Å². The van der Waals surface area contributed by atoms with E-state index in [9.17, 15) is 14.4 Å². The standard InChI is InChI=1S/C24H25N3O6/c1-5-32-24(30)23-20(13-22(29)27(26-23)18-9-7-6-8-16(18)3)33-14-21(28)25-17-12-15(2)10-11-19(17)31-4/h6-13H,5,14H2,1-4H3,(H,25,28). The number of nitrogens with zero attached hydrogens (tertiary/aromatic N) is 2. The Hall–Kier alpha value is -4.14. The maximum atomic E-state index is 12.7. The Morgan fingerprint density at radius 1 is 1.06 bits per heavy atom. The van der Waals surface area contributed by atoms with Crippen LogP contribution in [0.1, 0.15) is 28.5 Å². The molecule has 1 N–H and O–H groups in total. The van der Waals surface area contributed by atoms with Crippen LogP contribution in [0.5, 0.6) is 11.5 Å². The summed E-state index contributed by atoms with van der Waals surface area (Å²) in [6.45, 7) is 5.00. The zero-order chi connectivity index (χ0) is 24.0. The van der Waals surface area contributed by atoms with Gasteiger partial charge < -0.3 is 19.5 Å². The molecule has 9 heteroatoms. The molecule has 0 fully saturated rings. The first-order chi connectivity index (χ1) is 15.8. The van der Waals surface area contributed by atoms with E-state index in [1.807, 2.05) is 32.0 Å². The van der Waals surface area contributed by atoms with Gasteiger partial charge in [0.1, 0.15) is 5.75 Å². The van der Waals surface area contributed by atoms with Crippen molar-refractivity contribution in [2.24, 2.45) is 0 Å². The molecule has 0 atom stereocenters. The Morgan fingerprint density at radius 2 is 1.82 bits per heavy atom. The van der Waals surface area contributed by atoms with Gasteiger partial charge in [0.25, 0.3) is 11.5 Å². The lowest BCUT2D eigenvalue weighted by Crippen LogP contribution is -2.27. The number of methoxy groups -OCH3 is 1. The average Bonchev–Trinajstić information content (AvgIpc) is 2.78. The summed E-state index contributed by atoms with van der Waals surface area (Å²) < 4.78 is 16.9. The number of rotatable bonds is 8. The van der Waals surface area contributed by atoms with Gasteiger partial charge in [0, 0.05) is 0 Å². The van der Waals surface area contributed by atoms with Gasteiger partial charge in [-0.05, 0) is 50.1 Å². The topological polar surface area (TPSA) is 109 Å². The Bertz CT molecular complexity index is 1240. The van der Waals surface area contributed by atoms with Crippen LogP contribution in [0.4, 0.5) is 5.69 Å². The fourth-order valence-electron chi connectivity index (χ4n) is 3.11. The van der Waals surface area contributed by atoms with Crippen molar-refractivity contribution < 1.29 is 23.8 Å². The van der Waals surface area contributed by atoms with E-state index in [0.29, 0.717) is 17.1 Å². The molecular weight excluding hydrogens is 426 g/mol. The summed E-state index contributed by atoms with van der Waals surface area (Å²) in [6.07, 6.45) is 0. The normalized spacial score (nSPS) is 10.4. The highest BCUT2D eigenvalue weighted by Gasteiger charge is 2.21. The first kappa shape index (κ1) is 23.5. The molecule has 0 radical (unpaired) electrons. The van der Waals surface area contributed by atoms with E-state index in [1.54, 1.807) is 31.2 Å². The highest BCUT2D eigenvalue weighted by atomic mass is 16.5. The molecule has 3 aromatic rings. The Labute approximate surface area is 190 Å².